The standard InChI is InChI=1S/C28H20F2N2O3S/c1-15-7-6-10-18(13-15)23-22(25(34)28(35)32(23)21-12-11-19(29)14-20(21)30)24(33)26-16(2)31-27(36-26)17-8-4-3-5-9-17/h3-14,23,34H,1-2H3. The lowest BCUT2D eigenvalue weighted by Gasteiger charge is -2.27. The fraction of sp³-hybridized carbons (Fsp3) is 0.107. The van der Waals surface area contributed by atoms with E-state index in [1.165, 1.54) is 0 Å². The van der Waals surface area contributed by atoms with Crippen LogP contribution in [-0.4, -0.2) is 21.8 Å². The van der Waals surface area contributed by atoms with Gasteiger partial charge in [-0.15, -0.1) is 11.3 Å². The van der Waals surface area contributed by atoms with E-state index in [9.17, 15) is 23.5 Å². The van der Waals surface area contributed by atoms with Crippen molar-refractivity contribution in [3.05, 3.63) is 117 Å². The predicted molar refractivity (Wildman–Crippen MR) is 134 cm³/mol. The second-order valence-corrected chi connectivity index (χ2v) is 9.48. The van der Waals surface area contributed by atoms with Crippen molar-refractivity contribution in [3.63, 3.8) is 0 Å². The fourth-order valence-electron chi connectivity index (χ4n) is 4.35. The number of benzene rings is 3. The minimum absolute atomic E-state index is 0.180. The topological polar surface area (TPSA) is 70.5 Å². The largest absolute Gasteiger partial charge is 0.503 e. The van der Waals surface area contributed by atoms with E-state index >= 15 is 0 Å². The van der Waals surface area contributed by atoms with Gasteiger partial charge in [0.1, 0.15) is 16.6 Å². The number of halogens is 2. The third kappa shape index (κ3) is 3.99. The molecular formula is C28H20F2N2O3S. The fourth-order valence-corrected chi connectivity index (χ4v) is 5.38. The van der Waals surface area contributed by atoms with Crippen LogP contribution in [0.3, 0.4) is 0 Å². The Morgan fingerprint density at radius 1 is 1.00 bits per heavy atom. The molecule has 180 valence electrons. The van der Waals surface area contributed by atoms with Gasteiger partial charge < -0.3 is 5.11 Å². The number of aromatic nitrogens is 1. The van der Waals surface area contributed by atoms with Gasteiger partial charge in [-0.25, -0.2) is 13.8 Å². The molecule has 1 N–H and O–H groups in total. The molecule has 36 heavy (non-hydrogen) atoms. The van der Waals surface area contributed by atoms with Crippen LogP contribution >= 0.6 is 11.3 Å². The third-order valence-corrected chi connectivity index (χ3v) is 7.21. The minimum atomic E-state index is -1.12. The van der Waals surface area contributed by atoms with Crippen LogP contribution in [0.5, 0.6) is 0 Å². The molecule has 3 aromatic carbocycles. The maximum atomic E-state index is 14.9. The van der Waals surface area contributed by atoms with Crippen LogP contribution in [0.1, 0.15) is 32.5 Å². The maximum Gasteiger partial charge on any atom is 0.294 e. The molecule has 0 fully saturated rings. The molecule has 2 heterocycles. The van der Waals surface area contributed by atoms with Crippen molar-refractivity contribution >= 4 is 28.7 Å². The Kier molecular flexibility index (Phi) is 5.97. The van der Waals surface area contributed by atoms with Gasteiger partial charge in [-0.2, -0.15) is 0 Å². The van der Waals surface area contributed by atoms with Crippen LogP contribution in [0.15, 0.2) is 84.1 Å². The van der Waals surface area contributed by atoms with E-state index in [1.807, 2.05) is 43.3 Å². The number of aryl methyl sites for hydroxylation is 2. The van der Waals surface area contributed by atoms with Crippen molar-refractivity contribution in [3.8, 4) is 10.6 Å². The second kappa shape index (κ2) is 9.13. The summed E-state index contributed by atoms with van der Waals surface area (Å²) in [5.74, 6) is -4.08. The maximum absolute atomic E-state index is 14.9. The first-order valence-corrected chi connectivity index (χ1v) is 11.9. The summed E-state index contributed by atoms with van der Waals surface area (Å²) < 4.78 is 28.5. The molecule has 0 spiro atoms. The van der Waals surface area contributed by atoms with Crippen LogP contribution in [0.4, 0.5) is 14.5 Å². The zero-order valence-electron chi connectivity index (χ0n) is 19.3. The van der Waals surface area contributed by atoms with Gasteiger partial charge in [0.2, 0.25) is 5.78 Å². The highest BCUT2D eigenvalue weighted by molar-refractivity contribution is 7.17. The molecule has 4 aromatic rings. The van der Waals surface area contributed by atoms with Crippen LogP contribution in [0.2, 0.25) is 0 Å². The quantitative estimate of drug-likeness (QED) is 0.317. The highest BCUT2D eigenvalue weighted by Gasteiger charge is 2.46. The summed E-state index contributed by atoms with van der Waals surface area (Å²) in [5.41, 5.74) is 2.21. The van der Waals surface area contributed by atoms with Gasteiger partial charge in [0.15, 0.2) is 5.76 Å². The Hall–Kier alpha value is -4.17. The molecule has 0 saturated carbocycles. The van der Waals surface area contributed by atoms with Crippen LogP contribution in [0.25, 0.3) is 10.6 Å². The normalized spacial score (nSPS) is 15.6. The average Bonchev–Trinajstić information content (AvgIpc) is 3.37. The third-order valence-electron chi connectivity index (χ3n) is 6.00. The predicted octanol–water partition coefficient (Wildman–Crippen LogP) is 6.49. The summed E-state index contributed by atoms with van der Waals surface area (Å²) in [4.78, 5) is 32.9. The van der Waals surface area contributed by atoms with Gasteiger partial charge in [-0.05, 0) is 31.5 Å². The van der Waals surface area contributed by atoms with Crippen molar-refractivity contribution in [1.29, 1.82) is 0 Å². The molecule has 0 aliphatic carbocycles. The first kappa shape index (κ1) is 23.6. The van der Waals surface area contributed by atoms with Crippen molar-refractivity contribution in [2.45, 2.75) is 19.9 Å². The summed E-state index contributed by atoms with van der Waals surface area (Å²) in [6.07, 6.45) is 0. The SMILES string of the molecule is Cc1cccc(C2C(C(=O)c3sc(-c4ccccc4)nc3C)=C(O)C(=O)N2c2ccc(F)cc2F)c1. The number of anilines is 1. The summed E-state index contributed by atoms with van der Waals surface area (Å²) in [6.45, 7) is 3.53. The molecule has 8 heteroatoms. The van der Waals surface area contributed by atoms with Gasteiger partial charge in [0.05, 0.1) is 27.9 Å². The molecule has 1 aliphatic rings. The molecule has 1 atom stereocenters. The van der Waals surface area contributed by atoms with E-state index in [1.54, 1.807) is 25.1 Å². The Bertz CT molecular complexity index is 1550. The van der Waals surface area contributed by atoms with E-state index in [4.69, 9.17) is 0 Å². The number of Topliss-reactive ketones (excluding diaryl/α,β-unsaturated/α-hetero) is 1. The summed E-state index contributed by atoms with van der Waals surface area (Å²) >= 11 is 1.15. The molecule has 1 amide bonds. The number of thiazole rings is 1. The zero-order chi connectivity index (χ0) is 25.6. The van der Waals surface area contributed by atoms with E-state index < -0.39 is 35.1 Å². The molecule has 5 nitrogen and oxygen atoms in total. The number of hydrogen-bond donors (Lipinski definition) is 1. The number of carbonyl (C=O) groups is 2. The Morgan fingerprint density at radius 3 is 2.44 bits per heavy atom. The van der Waals surface area contributed by atoms with E-state index in [0.717, 1.165) is 39.5 Å². The number of amides is 1. The van der Waals surface area contributed by atoms with Gasteiger partial charge in [-0.1, -0.05) is 60.2 Å². The number of rotatable bonds is 5. The van der Waals surface area contributed by atoms with Gasteiger partial charge in [0.25, 0.3) is 5.91 Å². The Balaban J connectivity index is 1.66. The van der Waals surface area contributed by atoms with Gasteiger partial charge in [-0.3, -0.25) is 14.5 Å². The van der Waals surface area contributed by atoms with Crippen LogP contribution in [-0.2, 0) is 4.79 Å². The summed E-state index contributed by atoms with van der Waals surface area (Å²) in [5, 5.41) is 11.6. The lowest BCUT2D eigenvalue weighted by Crippen LogP contribution is -2.32. The van der Waals surface area contributed by atoms with Crippen molar-refractivity contribution in [1.82, 2.24) is 4.98 Å². The molecule has 0 bridgehead atoms. The van der Waals surface area contributed by atoms with E-state index in [2.05, 4.69) is 4.98 Å². The van der Waals surface area contributed by atoms with Crippen LogP contribution < -0.4 is 4.90 Å². The second-order valence-electron chi connectivity index (χ2n) is 8.48. The smallest absolute Gasteiger partial charge is 0.294 e. The Labute approximate surface area is 210 Å². The molecule has 1 aliphatic heterocycles. The average molecular weight is 503 g/mol. The summed E-state index contributed by atoms with van der Waals surface area (Å²) in [6, 6.07) is 18.1. The monoisotopic (exact) mass is 502 g/mol. The molecule has 0 saturated heterocycles. The molecular weight excluding hydrogens is 482 g/mol. The Morgan fingerprint density at radius 2 is 1.75 bits per heavy atom. The van der Waals surface area contributed by atoms with E-state index in [-0.39, 0.29) is 16.1 Å². The van der Waals surface area contributed by atoms with Crippen molar-refractivity contribution in [2.24, 2.45) is 0 Å². The zero-order valence-corrected chi connectivity index (χ0v) is 20.1. The molecule has 0 radical (unpaired) electrons. The number of ketones is 1. The highest BCUT2D eigenvalue weighted by Crippen LogP contribution is 2.44. The first-order chi connectivity index (χ1) is 17.3. The lowest BCUT2D eigenvalue weighted by molar-refractivity contribution is -0.117. The molecule has 5 rings (SSSR count). The van der Waals surface area contributed by atoms with Crippen LogP contribution in [0, 0.1) is 25.5 Å². The number of aliphatic hydroxyl groups is 1. The van der Waals surface area contributed by atoms with E-state index in [0.29, 0.717) is 22.3 Å². The number of aliphatic hydroxyl groups excluding tert-OH is 1. The molecule has 1 aromatic heterocycles. The number of hydrogen-bond acceptors (Lipinski definition) is 5. The minimum Gasteiger partial charge on any atom is -0.503 e. The van der Waals surface area contributed by atoms with Crippen molar-refractivity contribution in [2.75, 3.05) is 4.90 Å². The van der Waals surface area contributed by atoms with Gasteiger partial charge in [0, 0.05) is 11.6 Å². The first-order valence-electron chi connectivity index (χ1n) is 11.1. The number of carbonyl (C=O) groups excluding carboxylic acids is 2. The lowest BCUT2D eigenvalue weighted by atomic mass is 9.94. The molecule has 1 unspecified atom stereocenters. The van der Waals surface area contributed by atoms with Crippen molar-refractivity contribution < 1.29 is 23.5 Å². The van der Waals surface area contributed by atoms with Gasteiger partial charge >= 0.3 is 0 Å². The summed E-state index contributed by atoms with van der Waals surface area (Å²) in [7, 11) is 0. The number of nitrogens with zero attached hydrogens (tertiary/aromatic N) is 2. The highest BCUT2D eigenvalue weighted by atomic mass is 32.1.